The van der Waals surface area contributed by atoms with E-state index < -0.39 is 0 Å². The van der Waals surface area contributed by atoms with Gasteiger partial charge in [0.05, 0.1) is 6.54 Å². The van der Waals surface area contributed by atoms with Crippen molar-refractivity contribution in [2.24, 2.45) is 0 Å². The number of hydrogen-bond donors (Lipinski definition) is 2. The fourth-order valence-corrected chi connectivity index (χ4v) is 4.07. The van der Waals surface area contributed by atoms with Crippen molar-refractivity contribution in [1.29, 1.82) is 0 Å². The Labute approximate surface area is 196 Å². The minimum atomic E-state index is -0.0644. The topological polar surface area (TPSA) is 51.4 Å². The van der Waals surface area contributed by atoms with Gasteiger partial charge in [0, 0.05) is 24.2 Å². The average Bonchev–Trinajstić information content (AvgIpc) is 2.80. The smallest absolute Gasteiger partial charge is 0.253 e. The van der Waals surface area contributed by atoms with Crippen LogP contribution in [0.3, 0.4) is 0 Å². The van der Waals surface area contributed by atoms with E-state index in [4.69, 9.17) is 12.2 Å². The summed E-state index contributed by atoms with van der Waals surface area (Å²) < 4.78 is 0. The van der Waals surface area contributed by atoms with E-state index in [2.05, 4.69) is 58.2 Å². The molecule has 0 saturated heterocycles. The van der Waals surface area contributed by atoms with Crippen molar-refractivity contribution in [2.45, 2.75) is 40.3 Å². The molecule has 0 atom stereocenters. The molecule has 3 rings (SSSR count). The van der Waals surface area contributed by atoms with Crippen LogP contribution in [0, 0.1) is 6.92 Å². The Morgan fingerprint density at radius 1 is 1.03 bits per heavy atom. The maximum Gasteiger partial charge on any atom is 0.253 e. The van der Waals surface area contributed by atoms with Crippen molar-refractivity contribution in [1.82, 2.24) is 20.1 Å². The highest BCUT2D eigenvalue weighted by Crippen LogP contribution is 2.15. The van der Waals surface area contributed by atoms with E-state index in [1.807, 2.05) is 37.3 Å². The Hall–Kier alpha value is -2.70. The van der Waals surface area contributed by atoms with Gasteiger partial charge in [0.1, 0.15) is 0 Å². The fraction of sp³-hybridized carbons (Fsp3) is 0.385. The molecule has 6 heteroatoms. The maximum atomic E-state index is 12.8. The van der Waals surface area contributed by atoms with Crippen LogP contribution in [-0.4, -0.2) is 46.1 Å². The zero-order chi connectivity index (χ0) is 22.9. The highest BCUT2D eigenvalue weighted by atomic mass is 32.1. The van der Waals surface area contributed by atoms with Crippen LogP contribution in [0.1, 0.15) is 37.0 Å². The molecule has 170 valence electrons. The Balaban J connectivity index is 1.75. The normalized spacial score (nSPS) is 11.1. The first kappa shape index (κ1) is 24.0. The molecule has 0 amide bonds. The van der Waals surface area contributed by atoms with Gasteiger partial charge in [-0.2, -0.15) is 0 Å². The second-order valence-electron chi connectivity index (χ2n) is 8.17. The summed E-state index contributed by atoms with van der Waals surface area (Å²) in [6.07, 6.45) is 1.02. The van der Waals surface area contributed by atoms with Crippen LogP contribution < -0.4 is 10.9 Å². The van der Waals surface area contributed by atoms with Gasteiger partial charge >= 0.3 is 0 Å². The molecule has 0 aliphatic rings. The molecular weight excluding hydrogens is 416 g/mol. The number of thiocarbonyl (C=S) groups is 1. The van der Waals surface area contributed by atoms with E-state index in [0.29, 0.717) is 23.8 Å². The number of aromatic nitrogens is 1. The van der Waals surface area contributed by atoms with Crippen molar-refractivity contribution in [2.75, 3.05) is 26.2 Å². The summed E-state index contributed by atoms with van der Waals surface area (Å²) in [4.78, 5) is 20.3. The predicted molar refractivity (Wildman–Crippen MR) is 138 cm³/mol. The number of hydrogen-bond acceptors (Lipinski definition) is 3. The zero-order valence-corrected chi connectivity index (χ0v) is 20.2. The fourth-order valence-electron chi connectivity index (χ4n) is 3.84. The Bertz CT molecular complexity index is 1080. The summed E-state index contributed by atoms with van der Waals surface area (Å²) in [6, 6.07) is 18.3. The molecule has 2 N–H and O–H groups in total. The second-order valence-corrected chi connectivity index (χ2v) is 8.56. The molecule has 0 aliphatic carbocycles. The molecule has 1 aromatic heterocycles. The lowest BCUT2D eigenvalue weighted by Gasteiger charge is -2.26. The van der Waals surface area contributed by atoms with Gasteiger partial charge < -0.3 is 20.1 Å². The van der Waals surface area contributed by atoms with Gasteiger partial charge in [0.15, 0.2) is 5.11 Å². The van der Waals surface area contributed by atoms with Gasteiger partial charge in [-0.15, -0.1) is 0 Å². The minimum absolute atomic E-state index is 0.0644. The van der Waals surface area contributed by atoms with Crippen LogP contribution in [-0.2, 0) is 13.1 Å². The maximum absolute atomic E-state index is 12.8. The second kappa shape index (κ2) is 11.8. The van der Waals surface area contributed by atoms with Crippen molar-refractivity contribution in [3.63, 3.8) is 0 Å². The van der Waals surface area contributed by atoms with Crippen molar-refractivity contribution in [3.05, 3.63) is 81.6 Å². The van der Waals surface area contributed by atoms with E-state index in [1.54, 1.807) is 0 Å². The number of aromatic amines is 1. The summed E-state index contributed by atoms with van der Waals surface area (Å²) >= 11 is 5.75. The number of rotatable bonds is 10. The summed E-state index contributed by atoms with van der Waals surface area (Å²) in [5.41, 5.74) is 3.80. The van der Waals surface area contributed by atoms with Gasteiger partial charge in [0.2, 0.25) is 0 Å². The molecule has 0 aliphatic heterocycles. The average molecular weight is 451 g/mol. The molecule has 0 spiro atoms. The van der Waals surface area contributed by atoms with Gasteiger partial charge in [-0.1, -0.05) is 56.3 Å². The molecule has 0 radical (unpaired) electrons. The lowest BCUT2D eigenvalue weighted by Crippen LogP contribution is -2.41. The van der Waals surface area contributed by atoms with Crippen LogP contribution in [0.4, 0.5) is 0 Å². The van der Waals surface area contributed by atoms with Gasteiger partial charge in [0.25, 0.3) is 5.56 Å². The van der Waals surface area contributed by atoms with Crippen molar-refractivity contribution in [3.8, 4) is 0 Å². The standard InChI is InChI=1S/C26H34N4OS/c1-4-29(5-2)15-9-14-27-26(32)30(18-21-10-7-6-8-11-21)19-23-17-22-13-12-20(3)16-24(22)28-25(23)31/h6-8,10-13,16-17H,4-5,9,14-15,18-19H2,1-3H3,(H,27,32)(H,28,31). The molecule has 5 nitrogen and oxygen atoms in total. The molecule has 2 aromatic carbocycles. The first-order valence-corrected chi connectivity index (χ1v) is 11.8. The van der Waals surface area contributed by atoms with Crippen LogP contribution >= 0.6 is 12.2 Å². The first-order chi connectivity index (χ1) is 15.5. The van der Waals surface area contributed by atoms with Crippen molar-refractivity contribution < 1.29 is 0 Å². The van der Waals surface area contributed by atoms with Crippen LogP contribution in [0.5, 0.6) is 0 Å². The van der Waals surface area contributed by atoms with Crippen LogP contribution in [0.2, 0.25) is 0 Å². The number of benzene rings is 2. The number of nitrogens with zero attached hydrogens (tertiary/aromatic N) is 2. The molecular formula is C26H34N4OS. The lowest BCUT2D eigenvalue weighted by atomic mass is 10.1. The third-order valence-corrected chi connectivity index (χ3v) is 6.17. The van der Waals surface area contributed by atoms with E-state index in [1.165, 1.54) is 0 Å². The third-order valence-electron chi connectivity index (χ3n) is 5.76. The molecule has 0 fully saturated rings. The predicted octanol–water partition coefficient (Wildman–Crippen LogP) is 4.45. The number of H-pyrrole nitrogens is 1. The van der Waals surface area contributed by atoms with Gasteiger partial charge in [-0.05, 0) is 73.8 Å². The summed E-state index contributed by atoms with van der Waals surface area (Å²) in [7, 11) is 0. The number of aryl methyl sites for hydroxylation is 1. The Morgan fingerprint density at radius 2 is 1.78 bits per heavy atom. The Kier molecular flexibility index (Phi) is 8.82. The van der Waals surface area contributed by atoms with Crippen molar-refractivity contribution >= 4 is 28.2 Å². The highest BCUT2D eigenvalue weighted by molar-refractivity contribution is 7.80. The molecule has 3 aromatic rings. The van der Waals surface area contributed by atoms with Crippen LogP contribution in [0.25, 0.3) is 10.9 Å². The first-order valence-electron chi connectivity index (χ1n) is 11.4. The van der Waals surface area contributed by atoms with E-state index in [0.717, 1.165) is 54.6 Å². The number of fused-ring (bicyclic) bond motifs is 1. The third kappa shape index (κ3) is 6.65. The lowest BCUT2D eigenvalue weighted by molar-refractivity contribution is 0.299. The SMILES string of the molecule is CCN(CC)CCCNC(=S)N(Cc1ccccc1)Cc1cc2ccc(C)cc2[nH]c1=O. The van der Waals surface area contributed by atoms with E-state index in [-0.39, 0.29) is 5.56 Å². The zero-order valence-electron chi connectivity index (χ0n) is 19.4. The monoisotopic (exact) mass is 450 g/mol. The van der Waals surface area contributed by atoms with Gasteiger partial charge in [-0.25, -0.2) is 0 Å². The Morgan fingerprint density at radius 3 is 2.50 bits per heavy atom. The summed E-state index contributed by atoms with van der Waals surface area (Å²) in [5.74, 6) is 0. The number of nitrogens with one attached hydrogen (secondary N) is 2. The molecule has 0 saturated carbocycles. The quantitative estimate of drug-likeness (QED) is 0.353. The summed E-state index contributed by atoms with van der Waals surface area (Å²) in [5, 5.41) is 5.12. The van der Waals surface area contributed by atoms with Gasteiger partial charge in [-0.3, -0.25) is 4.79 Å². The molecule has 32 heavy (non-hydrogen) atoms. The van der Waals surface area contributed by atoms with E-state index >= 15 is 0 Å². The highest BCUT2D eigenvalue weighted by Gasteiger charge is 2.14. The number of pyridine rings is 1. The van der Waals surface area contributed by atoms with E-state index in [9.17, 15) is 4.79 Å². The molecule has 0 bridgehead atoms. The summed E-state index contributed by atoms with van der Waals surface area (Å²) in [6.45, 7) is 11.5. The molecule has 1 heterocycles. The van der Waals surface area contributed by atoms with Crippen LogP contribution in [0.15, 0.2) is 59.4 Å². The largest absolute Gasteiger partial charge is 0.363 e. The molecule has 0 unspecified atom stereocenters. The minimum Gasteiger partial charge on any atom is -0.363 e.